The molecule has 0 bridgehead atoms. The first-order valence-electron chi connectivity index (χ1n) is 2.02. The molecule has 1 rings (SSSR count). The molecular weight excluding hydrogens is 129 g/mol. The van der Waals surface area contributed by atoms with Crippen LogP contribution >= 0.6 is 0 Å². The Kier molecular flexibility index (Phi) is 3.12. The summed E-state index contributed by atoms with van der Waals surface area (Å²) in [6, 6.07) is 5.01. The van der Waals surface area contributed by atoms with E-state index >= 15 is 0 Å². The van der Waals surface area contributed by atoms with Crippen LogP contribution in [-0.4, -0.2) is 0 Å². The highest BCUT2D eigenvalue weighted by Crippen LogP contribution is 1.73. The van der Waals surface area contributed by atoms with E-state index in [1.165, 1.54) is 12.4 Å². The SMILES string of the molecule is F[n+]1ccccc1.[Cl-]. The molecule has 1 aromatic rings. The maximum atomic E-state index is 11.8. The zero-order chi connectivity index (χ0) is 5.11. The molecule has 0 aliphatic carbocycles. The zero-order valence-electron chi connectivity index (χ0n) is 4.09. The summed E-state index contributed by atoms with van der Waals surface area (Å²) in [5.41, 5.74) is 0. The van der Waals surface area contributed by atoms with Crippen molar-refractivity contribution >= 4 is 0 Å². The highest BCUT2D eigenvalue weighted by Gasteiger charge is 1.86. The summed E-state index contributed by atoms with van der Waals surface area (Å²) < 4.78 is 11.8. The third kappa shape index (κ3) is 1.89. The van der Waals surface area contributed by atoms with E-state index in [0.29, 0.717) is 4.79 Å². The fraction of sp³-hybridized carbons (Fsp3) is 0. The summed E-state index contributed by atoms with van der Waals surface area (Å²) in [6.07, 6.45) is 2.67. The average Bonchev–Trinajstić information content (AvgIpc) is 1.69. The topological polar surface area (TPSA) is 3.88 Å². The number of nitrogens with zero attached hydrogens (tertiary/aromatic N) is 1. The van der Waals surface area contributed by atoms with Crippen molar-refractivity contribution in [3.63, 3.8) is 0 Å². The highest BCUT2D eigenvalue weighted by atomic mass is 35.5. The van der Waals surface area contributed by atoms with Crippen LogP contribution in [0.3, 0.4) is 0 Å². The predicted octanol–water partition coefficient (Wildman–Crippen LogP) is -2.29. The van der Waals surface area contributed by atoms with E-state index in [1.54, 1.807) is 18.2 Å². The smallest absolute Gasteiger partial charge is 0.218 e. The van der Waals surface area contributed by atoms with Gasteiger partial charge >= 0.3 is 0 Å². The predicted molar refractivity (Wildman–Crippen MR) is 23.1 cm³/mol. The fourth-order valence-electron chi connectivity index (χ4n) is 0.378. The first-order valence-corrected chi connectivity index (χ1v) is 2.02. The summed E-state index contributed by atoms with van der Waals surface area (Å²) in [6.45, 7) is 0. The van der Waals surface area contributed by atoms with Gasteiger partial charge in [0.25, 0.3) is 0 Å². The quantitative estimate of drug-likeness (QED) is 0.375. The standard InChI is InChI=1S/C5H5FN.ClH/c6-7-4-2-1-3-5-7;/h1-5H;1H/q+1;/p-1. The lowest BCUT2D eigenvalue weighted by Gasteiger charge is -1.69. The van der Waals surface area contributed by atoms with Crippen molar-refractivity contribution in [3.05, 3.63) is 30.6 Å². The molecule has 3 heteroatoms. The normalized spacial score (nSPS) is 7.62. The molecule has 0 N–H and O–H groups in total. The molecule has 1 heterocycles. The Morgan fingerprint density at radius 3 is 1.75 bits per heavy atom. The lowest BCUT2D eigenvalue weighted by Crippen LogP contribution is -3.00. The molecule has 0 aliphatic heterocycles. The lowest BCUT2D eigenvalue weighted by atomic mass is 10.5. The van der Waals surface area contributed by atoms with Gasteiger partial charge in [-0.2, -0.15) is 0 Å². The van der Waals surface area contributed by atoms with Crippen LogP contribution in [0.25, 0.3) is 0 Å². The second-order valence-corrected chi connectivity index (χ2v) is 1.22. The third-order valence-corrected chi connectivity index (χ3v) is 0.679. The van der Waals surface area contributed by atoms with Gasteiger partial charge in [0.2, 0.25) is 12.4 Å². The van der Waals surface area contributed by atoms with Gasteiger partial charge in [0.1, 0.15) is 0 Å². The van der Waals surface area contributed by atoms with Gasteiger partial charge in [-0.15, -0.1) is 0 Å². The zero-order valence-corrected chi connectivity index (χ0v) is 4.85. The highest BCUT2D eigenvalue weighted by molar-refractivity contribution is 4.82. The van der Waals surface area contributed by atoms with Gasteiger partial charge in [-0.1, -0.05) is 6.07 Å². The van der Waals surface area contributed by atoms with Crippen molar-refractivity contribution in [2.45, 2.75) is 0 Å². The van der Waals surface area contributed by atoms with E-state index in [9.17, 15) is 4.48 Å². The molecule has 0 radical (unpaired) electrons. The minimum atomic E-state index is 0. The summed E-state index contributed by atoms with van der Waals surface area (Å²) in [7, 11) is 0. The average molecular weight is 134 g/mol. The number of hydrogen-bond donors (Lipinski definition) is 0. The van der Waals surface area contributed by atoms with Gasteiger partial charge < -0.3 is 12.4 Å². The van der Waals surface area contributed by atoms with Crippen LogP contribution in [0.2, 0.25) is 0 Å². The third-order valence-electron chi connectivity index (χ3n) is 0.679. The maximum absolute atomic E-state index is 11.8. The van der Waals surface area contributed by atoms with Crippen LogP contribution in [0.5, 0.6) is 0 Å². The van der Waals surface area contributed by atoms with Gasteiger partial charge in [0.05, 0.1) is 4.48 Å². The van der Waals surface area contributed by atoms with Crippen LogP contribution in [0.1, 0.15) is 0 Å². The van der Waals surface area contributed by atoms with Crippen molar-refractivity contribution in [3.8, 4) is 0 Å². The molecule has 0 saturated carbocycles. The van der Waals surface area contributed by atoms with E-state index in [2.05, 4.69) is 0 Å². The molecule has 0 spiro atoms. The fourth-order valence-corrected chi connectivity index (χ4v) is 0.378. The molecule has 0 atom stereocenters. The molecule has 1 nitrogen and oxygen atoms in total. The second-order valence-electron chi connectivity index (χ2n) is 1.22. The van der Waals surface area contributed by atoms with Gasteiger partial charge in [-0.25, -0.2) is 0 Å². The van der Waals surface area contributed by atoms with Crippen molar-refractivity contribution < 1.29 is 21.7 Å². The molecule has 8 heavy (non-hydrogen) atoms. The van der Waals surface area contributed by atoms with E-state index < -0.39 is 0 Å². The van der Waals surface area contributed by atoms with Gasteiger partial charge in [0.15, 0.2) is 0 Å². The Balaban J connectivity index is 0.000000490. The van der Waals surface area contributed by atoms with Crippen molar-refractivity contribution in [1.82, 2.24) is 0 Å². The minimum Gasteiger partial charge on any atom is -1.00 e. The number of pyridine rings is 1. The largest absolute Gasteiger partial charge is 1.00 e. The molecular formula is C5H5ClFN. The van der Waals surface area contributed by atoms with Crippen molar-refractivity contribution in [2.24, 2.45) is 0 Å². The molecule has 0 aromatic carbocycles. The summed E-state index contributed by atoms with van der Waals surface area (Å²) in [5.74, 6) is 0. The number of halogens is 2. The molecule has 44 valence electrons. The Morgan fingerprint density at radius 2 is 1.50 bits per heavy atom. The van der Waals surface area contributed by atoms with E-state index in [1.807, 2.05) is 0 Å². The number of rotatable bonds is 0. The van der Waals surface area contributed by atoms with Crippen LogP contribution in [-0.2, 0) is 0 Å². The molecule has 0 unspecified atom stereocenters. The monoisotopic (exact) mass is 133 g/mol. The molecule has 1 aromatic heterocycles. The summed E-state index contributed by atoms with van der Waals surface area (Å²) in [4.78, 5) is 0.500. The first kappa shape index (κ1) is 7.37. The summed E-state index contributed by atoms with van der Waals surface area (Å²) >= 11 is 0. The number of aromatic nitrogens is 1. The van der Waals surface area contributed by atoms with Gasteiger partial charge in [0, 0.05) is 16.9 Å². The maximum Gasteiger partial charge on any atom is 0.218 e. The van der Waals surface area contributed by atoms with Crippen LogP contribution in [0, 0.1) is 0 Å². The van der Waals surface area contributed by atoms with Crippen molar-refractivity contribution in [2.75, 3.05) is 0 Å². The minimum absolute atomic E-state index is 0. The summed E-state index contributed by atoms with van der Waals surface area (Å²) in [5, 5.41) is 0. The molecule has 0 fully saturated rings. The Hall–Kier alpha value is -0.630. The molecule has 0 saturated heterocycles. The molecule has 0 aliphatic rings. The molecule has 0 amide bonds. The Morgan fingerprint density at radius 1 is 1.00 bits per heavy atom. The number of hydrogen-bond acceptors (Lipinski definition) is 0. The van der Waals surface area contributed by atoms with Crippen LogP contribution in [0.15, 0.2) is 30.6 Å². The Bertz CT molecular complexity index is 142. The van der Waals surface area contributed by atoms with Crippen molar-refractivity contribution in [1.29, 1.82) is 0 Å². The second kappa shape index (κ2) is 3.38. The van der Waals surface area contributed by atoms with E-state index in [-0.39, 0.29) is 12.4 Å². The van der Waals surface area contributed by atoms with Crippen LogP contribution < -0.4 is 17.2 Å². The lowest BCUT2D eigenvalue weighted by molar-refractivity contribution is -0.843. The van der Waals surface area contributed by atoms with Crippen LogP contribution in [0.4, 0.5) is 4.48 Å². The first-order chi connectivity index (χ1) is 3.39. The van der Waals surface area contributed by atoms with Gasteiger partial charge in [-0.05, 0) is 0 Å². The van der Waals surface area contributed by atoms with Gasteiger partial charge in [-0.3, -0.25) is 0 Å². The van der Waals surface area contributed by atoms with E-state index in [4.69, 9.17) is 0 Å². The van der Waals surface area contributed by atoms with E-state index in [0.717, 1.165) is 0 Å². The Labute approximate surface area is 53.1 Å².